The Morgan fingerprint density at radius 1 is 1.06 bits per heavy atom. The number of aliphatic carboxylic acids is 1. The largest absolute Gasteiger partial charge is 0.490 e. The van der Waals surface area contributed by atoms with Crippen molar-refractivity contribution in [1.29, 1.82) is 0 Å². The maximum Gasteiger partial charge on any atom is 0.490 e. The molecule has 12 nitrogen and oxygen atoms in total. The number of piperidine rings is 1. The Morgan fingerprint density at radius 3 is 2.26 bits per heavy atom. The van der Waals surface area contributed by atoms with Gasteiger partial charge in [-0.2, -0.15) is 13.2 Å². The Kier molecular flexibility index (Phi) is 11.8. The van der Waals surface area contributed by atoms with Crippen LogP contribution in [0.5, 0.6) is 5.75 Å². The number of halogens is 3. The minimum absolute atomic E-state index is 0.00668. The molecule has 3 N–H and O–H groups in total. The number of nitrogens with zero attached hydrogens (tertiary/aromatic N) is 2. The number of sulfone groups is 1. The molecule has 0 bridgehead atoms. The van der Waals surface area contributed by atoms with Gasteiger partial charge in [-0.15, -0.1) is 0 Å². The van der Waals surface area contributed by atoms with Crippen molar-refractivity contribution in [2.45, 2.75) is 57.4 Å². The molecular weight excluding hydrogens is 647 g/mol. The van der Waals surface area contributed by atoms with Gasteiger partial charge >= 0.3 is 18.2 Å². The smallest absolute Gasteiger partial charge is 0.489 e. The SMILES string of the molecule is Cc1cc(COc2ccc(S(=O)(=O)C[C@@H]3CN(C(=O)OC(C)(C)C)CC[C@@H]3C(=O)NO)cc2)c2ccccc2n1.O=C(O)C(F)(F)F. The normalized spacial score (nSPS) is 16.9. The number of amides is 2. The Balaban J connectivity index is 0.000000771. The van der Waals surface area contributed by atoms with Crippen molar-refractivity contribution in [3.05, 3.63) is 65.9 Å². The molecule has 47 heavy (non-hydrogen) atoms. The minimum Gasteiger partial charge on any atom is -0.489 e. The summed E-state index contributed by atoms with van der Waals surface area (Å²) in [6.45, 7) is 7.65. The molecule has 0 aliphatic carbocycles. The van der Waals surface area contributed by atoms with Crippen LogP contribution in [0.1, 0.15) is 38.4 Å². The number of carbonyl (C=O) groups is 3. The highest BCUT2D eigenvalue weighted by Crippen LogP contribution is 2.29. The number of carboxylic acids is 1. The zero-order valence-corrected chi connectivity index (χ0v) is 26.9. The van der Waals surface area contributed by atoms with Crippen LogP contribution < -0.4 is 10.2 Å². The van der Waals surface area contributed by atoms with Gasteiger partial charge in [-0.25, -0.2) is 23.5 Å². The Bertz CT molecular complexity index is 1690. The number of nitrogens with one attached hydrogen (secondary N) is 1. The third-order valence-corrected chi connectivity index (χ3v) is 8.87. The van der Waals surface area contributed by atoms with E-state index >= 15 is 0 Å². The van der Waals surface area contributed by atoms with Gasteiger partial charge in [0, 0.05) is 41.6 Å². The van der Waals surface area contributed by atoms with Crippen molar-refractivity contribution in [3.63, 3.8) is 0 Å². The highest BCUT2D eigenvalue weighted by Gasteiger charge is 2.40. The number of hydrogen-bond donors (Lipinski definition) is 3. The number of carboxylic acid groups (broad SMARTS) is 1. The Morgan fingerprint density at radius 2 is 1.68 bits per heavy atom. The highest BCUT2D eigenvalue weighted by atomic mass is 32.2. The molecule has 0 saturated carbocycles. The van der Waals surface area contributed by atoms with E-state index < -0.39 is 51.4 Å². The lowest BCUT2D eigenvalue weighted by molar-refractivity contribution is -0.192. The zero-order chi connectivity index (χ0) is 35.2. The van der Waals surface area contributed by atoms with Crippen LogP contribution in [0.3, 0.4) is 0 Å². The summed E-state index contributed by atoms with van der Waals surface area (Å²) >= 11 is 0. The number of hydroxylamine groups is 1. The number of carbonyl (C=O) groups excluding carboxylic acids is 2. The average molecular weight is 684 g/mol. The van der Waals surface area contributed by atoms with Crippen LogP contribution in [0.25, 0.3) is 10.9 Å². The predicted molar refractivity (Wildman–Crippen MR) is 162 cm³/mol. The minimum atomic E-state index is -5.08. The fraction of sp³-hybridized carbons (Fsp3) is 0.419. The molecule has 3 aromatic rings. The van der Waals surface area contributed by atoms with E-state index in [1.54, 1.807) is 38.4 Å². The lowest BCUT2D eigenvalue weighted by Crippen LogP contribution is -2.51. The highest BCUT2D eigenvalue weighted by molar-refractivity contribution is 7.91. The summed E-state index contributed by atoms with van der Waals surface area (Å²) in [6.07, 6.45) is -5.46. The summed E-state index contributed by atoms with van der Waals surface area (Å²) in [5.41, 5.74) is 3.64. The standard InChI is InChI=1S/C29H35N3O7S.C2HF3O2/c1-19-15-20(24-7-5-6-8-26(24)30-19)17-38-22-9-11-23(12-10-22)40(36,37)18-21-16-32(28(34)39-29(2,3)4)14-13-25(21)27(33)31-35;3-2(4,5)1(6)7/h5-12,15,21,25,35H,13-14,16-18H2,1-4H3,(H,31,33);(H,6,7)/t21-,25-;/m0./s1. The second-order valence-corrected chi connectivity index (χ2v) is 13.9. The number of likely N-dealkylation sites (tertiary alicyclic amines) is 1. The van der Waals surface area contributed by atoms with Gasteiger partial charge < -0.3 is 19.5 Å². The van der Waals surface area contributed by atoms with E-state index in [0.717, 1.165) is 22.2 Å². The second-order valence-electron chi connectivity index (χ2n) is 11.8. The molecule has 2 heterocycles. The van der Waals surface area contributed by atoms with Crippen LogP contribution in [-0.2, 0) is 30.8 Å². The van der Waals surface area contributed by atoms with E-state index in [2.05, 4.69) is 4.98 Å². The Labute approximate surface area is 269 Å². The van der Waals surface area contributed by atoms with Crippen molar-refractivity contribution < 1.29 is 55.8 Å². The molecule has 0 radical (unpaired) electrons. The summed E-state index contributed by atoms with van der Waals surface area (Å²) in [4.78, 5) is 39.9. The topological polar surface area (TPSA) is 172 Å². The van der Waals surface area contributed by atoms with Gasteiger partial charge in [0.15, 0.2) is 9.84 Å². The van der Waals surface area contributed by atoms with Crippen molar-refractivity contribution in [2.24, 2.45) is 11.8 Å². The van der Waals surface area contributed by atoms with E-state index in [0.29, 0.717) is 5.75 Å². The number of aryl methyl sites for hydroxylation is 1. The first-order valence-electron chi connectivity index (χ1n) is 14.3. The summed E-state index contributed by atoms with van der Waals surface area (Å²) < 4.78 is 69.8. The number of aromatic nitrogens is 1. The van der Waals surface area contributed by atoms with Crippen molar-refractivity contribution >= 4 is 38.7 Å². The molecule has 0 spiro atoms. The lowest BCUT2D eigenvalue weighted by atomic mass is 9.86. The van der Waals surface area contributed by atoms with Gasteiger partial charge in [0.2, 0.25) is 5.91 Å². The van der Waals surface area contributed by atoms with Gasteiger partial charge in [-0.3, -0.25) is 15.0 Å². The number of para-hydroxylation sites is 1. The van der Waals surface area contributed by atoms with Crippen molar-refractivity contribution in [1.82, 2.24) is 15.4 Å². The van der Waals surface area contributed by atoms with Crippen LogP contribution in [0.4, 0.5) is 18.0 Å². The monoisotopic (exact) mass is 683 g/mol. The maximum absolute atomic E-state index is 13.4. The molecule has 256 valence electrons. The van der Waals surface area contributed by atoms with Gasteiger partial charge in [0.1, 0.15) is 18.0 Å². The molecule has 2 aromatic carbocycles. The fourth-order valence-electron chi connectivity index (χ4n) is 4.92. The van der Waals surface area contributed by atoms with E-state index in [1.165, 1.54) is 17.0 Å². The molecule has 2 amide bonds. The van der Waals surface area contributed by atoms with Crippen LogP contribution in [0.15, 0.2) is 59.5 Å². The van der Waals surface area contributed by atoms with Crippen molar-refractivity contribution in [3.8, 4) is 5.75 Å². The molecule has 16 heteroatoms. The molecule has 1 fully saturated rings. The van der Waals surface area contributed by atoms with E-state index in [-0.39, 0.29) is 36.8 Å². The quantitative estimate of drug-likeness (QED) is 0.230. The number of rotatable bonds is 7. The fourth-order valence-corrected chi connectivity index (χ4v) is 6.56. The molecule has 4 rings (SSSR count). The molecule has 0 unspecified atom stereocenters. The molecule has 1 aromatic heterocycles. The Hall–Kier alpha value is -4.44. The van der Waals surface area contributed by atoms with E-state index in [9.17, 15) is 36.4 Å². The number of ether oxygens (including phenoxy) is 2. The molecule has 1 aliphatic rings. The maximum atomic E-state index is 13.4. The molecular formula is C31H36F3N3O9S. The van der Waals surface area contributed by atoms with Crippen molar-refractivity contribution in [2.75, 3.05) is 18.8 Å². The lowest BCUT2D eigenvalue weighted by Gasteiger charge is -2.37. The van der Waals surface area contributed by atoms with Crippen LogP contribution in [0, 0.1) is 18.8 Å². The number of fused-ring (bicyclic) bond motifs is 1. The summed E-state index contributed by atoms with van der Waals surface area (Å²) in [5, 5.41) is 17.3. The van der Waals surface area contributed by atoms with Crippen LogP contribution in [-0.4, -0.2) is 77.2 Å². The van der Waals surface area contributed by atoms with Gasteiger partial charge in [0.25, 0.3) is 0 Å². The summed E-state index contributed by atoms with van der Waals surface area (Å²) in [7, 11) is -3.84. The first kappa shape index (κ1) is 37.0. The predicted octanol–water partition coefficient (Wildman–Crippen LogP) is 4.91. The number of alkyl halides is 3. The summed E-state index contributed by atoms with van der Waals surface area (Å²) in [5.74, 6) is -4.83. The molecule has 1 saturated heterocycles. The van der Waals surface area contributed by atoms with Crippen LogP contribution >= 0.6 is 0 Å². The molecule has 1 aliphatic heterocycles. The average Bonchev–Trinajstić information content (AvgIpc) is 2.98. The third-order valence-electron chi connectivity index (χ3n) is 7.02. The van der Waals surface area contributed by atoms with Gasteiger partial charge in [0.05, 0.1) is 16.2 Å². The zero-order valence-electron chi connectivity index (χ0n) is 26.1. The molecule has 2 atom stereocenters. The first-order valence-corrected chi connectivity index (χ1v) is 16.0. The number of hydrogen-bond acceptors (Lipinski definition) is 9. The third kappa shape index (κ3) is 10.5. The van der Waals surface area contributed by atoms with E-state index in [1.807, 2.05) is 37.3 Å². The van der Waals surface area contributed by atoms with Gasteiger partial charge in [-0.1, -0.05) is 18.2 Å². The van der Waals surface area contributed by atoms with Crippen LogP contribution in [0.2, 0.25) is 0 Å². The van der Waals surface area contributed by atoms with E-state index in [4.69, 9.17) is 19.4 Å². The second kappa shape index (κ2) is 15.0. The first-order chi connectivity index (χ1) is 21.8. The number of pyridine rings is 1. The summed E-state index contributed by atoms with van der Waals surface area (Å²) in [6, 6.07) is 15.9. The number of benzene rings is 2. The van der Waals surface area contributed by atoms with Gasteiger partial charge in [-0.05, 0) is 70.5 Å².